The fourth-order valence-electron chi connectivity index (χ4n) is 2.42. The summed E-state index contributed by atoms with van der Waals surface area (Å²) in [6, 6.07) is 3.91. The van der Waals surface area contributed by atoms with Crippen LogP contribution in [0.4, 0.5) is 13.2 Å². The Labute approximate surface area is 144 Å². The van der Waals surface area contributed by atoms with Crippen molar-refractivity contribution in [2.75, 3.05) is 0 Å². The maximum Gasteiger partial charge on any atom is 0.419 e. The first-order valence-electron chi connectivity index (χ1n) is 7.22. The van der Waals surface area contributed by atoms with Gasteiger partial charge in [-0.05, 0) is 18.2 Å². The number of aromatic nitrogens is 3. The van der Waals surface area contributed by atoms with Crippen molar-refractivity contribution in [2.24, 2.45) is 5.73 Å². The second-order valence-corrected chi connectivity index (χ2v) is 5.33. The van der Waals surface area contributed by atoms with Crippen molar-refractivity contribution in [3.8, 4) is 17.2 Å². The molecule has 0 saturated heterocycles. The second kappa shape index (κ2) is 6.33. The first kappa shape index (κ1) is 17.2. The first-order valence-corrected chi connectivity index (χ1v) is 7.22. The molecule has 1 amide bonds. The highest BCUT2D eigenvalue weighted by atomic mass is 19.4. The summed E-state index contributed by atoms with van der Waals surface area (Å²) in [7, 11) is 0. The zero-order chi connectivity index (χ0) is 18.9. The number of carbonyl (C=O) groups is 1. The number of hydrogen-bond acceptors (Lipinski definition) is 4. The number of nitrogens with one attached hydrogen (secondary N) is 1. The molecule has 0 atom stereocenters. The van der Waals surface area contributed by atoms with E-state index in [9.17, 15) is 18.0 Å². The third-order valence-corrected chi connectivity index (χ3v) is 3.62. The van der Waals surface area contributed by atoms with Gasteiger partial charge in [0.05, 0.1) is 5.56 Å². The maximum absolute atomic E-state index is 13.1. The largest absolute Gasteiger partial charge is 0.419 e. The van der Waals surface area contributed by atoms with Crippen LogP contribution in [0, 0.1) is 11.3 Å². The molecule has 9 heteroatoms. The van der Waals surface area contributed by atoms with Gasteiger partial charge >= 0.3 is 6.18 Å². The van der Waals surface area contributed by atoms with Crippen molar-refractivity contribution < 1.29 is 18.0 Å². The van der Waals surface area contributed by atoms with E-state index < -0.39 is 23.3 Å². The molecule has 0 spiro atoms. The molecule has 3 aromatic heterocycles. The molecule has 0 aliphatic rings. The van der Waals surface area contributed by atoms with Gasteiger partial charge in [0.15, 0.2) is 5.69 Å². The van der Waals surface area contributed by atoms with Crippen LogP contribution in [0.2, 0.25) is 0 Å². The number of alkyl halides is 3. The number of carbonyl (C=O) groups excluding carboxylic acids is 1. The Morgan fingerprint density at radius 2 is 1.92 bits per heavy atom. The highest BCUT2D eigenvalue weighted by Crippen LogP contribution is 2.34. The highest BCUT2D eigenvalue weighted by molar-refractivity contribution is 5.95. The Morgan fingerprint density at radius 3 is 2.58 bits per heavy atom. The van der Waals surface area contributed by atoms with Crippen molar-refractivity contribution in [1.29, 1.82) is 5.26 Å². The Hall–Kier alpha value is -3.67. The molecule has 0 radical (unpaired) electrons. The fourth-order valence-corrected chi connectivity index (χ4v) is 2.42. The molecule has 0 saturated carbocycles. The molecule has 130 valence electrons. The molecule has 26 heavy (non-hydrogen) atoms. The molecular weight excluding hydrogens is 347 g/mol. The lowest BCUT2D eigenvalue weighted by atomic mass is 10.0. The number of nitriles is 1. The lowest BCUT2D eigenvalue weighted by Gasteiger charge is -2.10. The third-order valence-electron chi connectivity index (χ3n) is 3.62. The second-order valence-electron chi connectivity index (χ2n) is 5.33. The molecule has 0 aliphatic carbocycles. The summed E-state index contributed by atoms with van der Waals surface area (Å²) in [5.74, 6) is -0.630. The van der Waals surface area contributed by atoms with Crippen LogP contribution < -0.4 is 5.73 Å². The van der Waals surface area contributed by atoms with Gasteiger partial charge in [-0.1, -0.05) is 0 Å². The van der Waals surface area contributed by atoms with Gasteiger partial charge in [0.25, 0.3) is 0 Å². The van der Waals surface area contributed by atoms with Gasteiger partial charge in [0.2, 0.25) is 5.91 Å². The van der Waals surface area contributed by atoms with E-state index in [2.05, 4.69) is 15.0 Å². The van der Waals surface area contributed by atoms with Crippen LogP contribution in [0.5, 0.6) is 0 Å². The van der Waals surface area contributed by atoms with Crippen molar-refractivity contribution >= 4 is 23.0 Å². The number of H-pyrrole nitrogens is 1. The summed E-state index contributed by atoms with van der Waals surface area (Å²) in [6.45, 7) is 0. The van der Waals surface area contributed by atoms with Crippen molar-refractivity contribution in [2.45, 2.75) is 6.18 Å². The fraction of sp³-hybridized carbons (Fsp3) is 0.0588. The van der Waals surface area contributed by atoms with E-state index in [4.69, 9.17) is 11.0 Å². The molecule has 3 heterocycles. The van der Waals surface area contributed by atoms with E-state index in [1.807, 2.05) is 0 Å². The average molecular weight is 357 g/mol. The van der Waals surface area contributed by atoms with Gasteiger partial charge in [-0.15, -0.1) is 0 Å². The van der Waals surface area contributed by atoms with Gasteiger partial charge in [0.1, 0.15) is 11.7 Å². The number of nitrogens with two attached hydrogens (primary N) is 1. The van der Waals surface area contributed by atoms with Crippen LogP contribution in [-0.2, 0) is 11.0 Å². The molecule has 0 bridgehead atoms. The Morgan fingerprint density at radius 1 is 1.23 bits per heavy atom. The van der Waals surface area contributed by atoms with Gasteiger partial charge in [0, 0.05) is 46.7 Å². The van der Waals surface area contributed by atoms with Crippen LogP contribution in [0.25, 0.3) is 28.2 Å². The molecule has 0 unspecified atom stereocenters. The van der Waals surface area contributed by atoms with E-state index in [1.54, 1.807) is 12.3 Å². The minimum atomic E-state index is -4.70. The Kier molecular flexibility index (Phi) is 4.18. The topological polar surface area (TPSA) is 108 Å². The Balaban J connectivity index is 2.13. The summed E-state index contributed by atoms with van der Waals surface area (Å²) in [6.07, 6.45) is 2.12. The third kappa shape index (κ3) is 3.25. The lowest BCUT2D eigenvalue weighted by molar-refractivity contribution is -0.138. The lowest BCUT2D eigenvalue weighted by Crippen LogP contribution is -2.09. The number of amides is 1. The van der Waals surface area contributed by atoms with E-state index in [1.165, 1.54) is 30.6 Å². The van der Waals surface area contributed by atoms with Gasteiger partial charge in [-0.25, -0.2) is 9.97 Å². The minimum absolute atomic E-state index is 0.164. The number of aromatic amines is 1. The summed E-state index contributed by atoms with van der Waals surface area (Å²) in [5.41, 5.74) is 4.91. The number of fused-ring (bicyclic) bond motifs is 1. The summed E-state index contributed by atoms with van der Waals surface area (Å²) in [5, 5.41) is 9.42. The maximum atomic E-state index is 13.1. The van der Waals surface area contributed by atoms with Crippen LogP contribution in [0.3, 0.4) is 0 Å². The quantitative estimate of drug-likeness (QED) is 0.702. The van der Waals surface area contributed by atoms with Gasteiger partial charge in [-0.3, -0.25) is 4.79 Å². The highest BCUT2D eigenvalue weighted by Gasteiger charge is 2.34. The minimum Gasteiger partial charge on any atom is -0.366 e. The van der Waals surface area contributed by atoms with Crippen LogP contribution in [0.15, 0.2) is 36.8 Å². The van der Waals surface area contributed by atoms with E-state index in [-0.39, 0.29) is 5.56 Å². The molecule has 0 fully saturated rings. The number of rotatable bonds is 3. The molecule has 3 N–H and O–H groups in total. The van der Waals surface area contributed by atoms with E-state index >= 15 is 0 Å². The summed E-state index contributed by atoms with van der Waals surface area (Å²) < 4.78 is 39.3. The predicted molar refractivity (Wildman–Crippen MR) is 87.3 cm³/mol. The van der Waals surface area contributed by atoms with Crippen LogP contribution >= 0.6 is 0 Å². The number of halogens is 3. The first-order chi connectivity index (χ1) is 12.3. The molecule has 3 rings (SSSR count). The molecule has 6 nitrogen and oxygen atoms in total. The number of hydrogen-bond donors (Lipinski definition) is 2. The zero-order valence-electron chi connectivity index (χ0n) is 13.0. The van der Waals surface area contributed by atoms with Crippen molar-refractivity contribution in [3.05, 3.63) is 53.6 Å². The predicted octanol–water partition coefficient (Wildman–Crippen LogP) is 3.01. The number of nitrogens with zero attached hydrogens (tertiary/aromatic N) is 3. The van der Waals surface area contributed by atoms with E-state index in [0.717, 1.165) is 6.07 Å². The summed E-state index contributed by atoms with van der Waals surface area (Å²) in [4.78, 5) is 21.5. The van der Waals surface area contributed by atoms with Crippen molar-refractivity contribution in [1.82, 2.24) is 15.0 Å². The zero-order valence-corrected chi connectivity index (χ0v) is 13.0. The monoisotopic (exact) mass is 357 g/mol. The average Bonchev–Trinajstić information content (AvgIpc) is 3.00. The molecule has 0 aromatic carbocycles. The Bertz CT molecular complexity index is 1080. The van der Waals surface area contributed by atoms with Crippen molar-refractivity contribution in [3.63, 3.8) is 0 Å². The normalized spacial score (nSPS) is 11.8. The molecular formula is C17H10F3N5O. The van der Waals surface area contributed by atoms with Crippen LogP contribution in [0.1, 0.15) is 16.8 Å². The number of primary amides is 1. The molecule has 0 aliphatic heterocycles. The SMILES string of the molecule is N#Cc1ncc(-c2cnc3[nH]cc(/C=C/C(N)=O)c3c2)cc1C(F)(F)F. The van der Waals surface area contributed by atoms with E-state index in [0.29, 0.717) is 22.2 Å². The van der Waals surface area contributed by atoms with Gasteiger partial charge < -0.3 is 10.7 Å². The molecule has 3 aromatic rings. The number of pyridine rings is 2. The van der Waals surface area contributed by atoms with Gasteiger partial charge in [-0.2, -0.15) is 18.4 Å². The summed E-state index contributed by atoms with van der Waals surface area (Å²) >= 11 is 0. The smallest absolute Gasteiger partial charge is 0.366 e. The standard InChI is InChI=1S/C17H10F3N5O/c18-17(19,20)13-4-11(7-23-14(13)5-21)10-3-12-9(1-2-15(22)26)6-24-16(12)25-8-10/h1-4,6-8H,(H2,22,26)(H,24,25)/b2-1+. The van der Waals surface area contributed by atoms with Crippen LogP contribution in [-0.4, -0.2) is 20.9 Å².